The predicted octanol–water partition coefficient (Wildman–Crippen LogP) is 2.51. The largest absolute Gasteiger partial charge is 0.513 e. The van der Waals surface area contributed by atoms with Gasteiger partial charge in [-0.1, -0.05) is 0 Å². The summed E-state index contributed by atoms with van der Waals surface area (Å²) < 4.78 is 9.16. The van der Waals surface area contributed by atoms with Gasteiger partial charge in [-0.25, -0.2) is 4.79 Å². The van der Waals surface area contributed by atoms with Crippen molar-refractivity contribution < 1.29 is 24.0 Å². The Labute approximate surface area is 106 Å². The summed E-state index contributed by atoms with van der Waals surface area (Å²) in [6.07, 6.45) is -1.07. The minimum absolute atomic E-state index is 0.0674. The predicted molar refractivity (Wildman–Crippen MR) is 60.9 cm³/mol. The Morgan fingerprint density at radius 3 is 2.61 bits per heavy atom. The van der Waals surface area contributed by atoms with Crippen LogP contribution in [0.2, 0.25) is 0 Å². The number of hydrogen-bond acceptors (Lipinski definition) is 6. The molecule has 8 heteroatoms. The van der Waals surface area contributed by atoms with E-state index in [1.807, 2.05) is 0 Å². The topological polar surface area (TPSA) is 95.7 Å². The number of nitro groups is 1. The first-order chi connectivity index (χ1) is 8.45. The van der Waals surface area contributed by atoms with Crippen LogP contribution in [0.25, 0.3) is 0 Å². The highest BCUT2D eigenvalue weighted by Crippen LogP contribution is 2.26. The molecule has 0 aliphatic carbocycles. The van der Waals surface area contributed by atoms with Gasteiger partial charge >= 0.3 is 6.16 Å². The average molecular weight is 274 g/mol. The van der Waals surface area contributed by atoms with E-state index in [9.17, 15) is 19.7 Å². The minimum atomic E-state index is -1.07. The number of non-ortho nitro benzene ring substituents is 1. The summed E-state index contributed by atoms with van der Waals surface area (Å²) in [5.41, 5.74) is -0.494. The lowest BCUT2D eigenvalue weighted by Gasteiger charge is -2.06. The van der Waals surface area contributed by atoms with Gasteiger partial charge in [0.15, 0.2) is 5.75 Å². The van der Waals surface area contributed by atoms with Crippen LogP contribution >= 0.6 is 11.6 Å². The number of halogens is 1. The van der Waals surface area contributed by atoms with Gasteiger partial charge < -0.3 is 9.47 Å². The zero-order valence-electron chi connectivity index (χ0n) is 9.21. The smallest absolute Gasteiger partial charge is 0.434 e. The van der Waals surface area contributed by atoms with Gasteiger partial charge in [-0.3, -0.25) is 14.9 Å². The van der Waals surface area contributed by atoms with Crippen LogP contribution in [0.1, 0.15) is 17.3 Å². The zero-order chi connectivity index (χ0) is 13.7. The Bertz CT molecular complexity index is 501. The molecule has 0 atom stereocenters. The third-order valence-electron chi connectivity index (χ3n) is 1.84. The highest BCUT2D eigenvalue weighted by molar-refractivity contribution is 6.68. The van der Waals surface area contributed by atoms with Gasteiger partial charge in [0.05, 0.1) is 23.2 Å². The first-order valence-corrected chi connectivity index (χ1v) is 5.16. The van der Waals surface area contributed by atoms with Gasteiger partial charge in [0, 0.05) is 6.07 Å². The van der Waals surface area contributed by atoms with Crippen molar-refractivity contribution in [1.82, 2.24) is 0 Å². The molecule has 0 saturated carbocycles. The summed E-state index contributed by atoms with van der Waals surface area (Å²) >= 11 is 5.26. The van der Waals surface area contributed by atoms with Gasteiger partial charge in [0.1, 0.15) is 0 Å². The van der Waals surface area contributed by atoms with E-state index in [1.54, 1.807) is 6.92 Å². The van der Waals surface area contributed by atoms with E-state index in [-0.39, 0.29) is 23.6 Å². The molecule has 7 nitrogen and oxygen atoms in total. The van der Waals surface area contributed by atoms with E-state index in [1.165, 1.54) is 0 Å². The molecule has 0 amide bonds. The Kier molecular flexibility index (Phi) is 4.61. The fourth-order valence-corrected chi connectivity index (χ4v) is 1.26. The summed E-state index contributed by atoms with van der Waals surface area (Å²) in [7, 11) is 0. The molecule has 0 radical (unpaired) electrons. The summed E-state index contributed by atoms with van der Waals surface area (Å²) in [5.74, 6) is -0.317. The fourth-order valence-electron chi connectivity index (χ4n) is 1.11. The average Bonchev–Trinajstić information content (AvgIpc) is 2.28. The zero-order valence-corrected chi connectivity index (χ0v) is 9.97. The Hall–Kier alpha value is -2.15. The van der Waals surface area contributed by atoms with E-state index in [0.29, 0.717) is 0 Å². The van der Waals surface area contributed by atoms with Crippen molar-refractivity contribution in [2.75, 3.05) is 6.61 Å². The van der Waals surface area contributed by atoms with Crippen molar-refractivity contribution >= 4 is 28.7 Å². The molecule has 0 N–H and O–H groups in total. The van der Waals surface area contributed by atoms with Crippen LogP contribution < -0.4 is 4.74 Å². The standard InChI is InChI=1S/C10H8ClNO6/c1-2-17-10(14)18-8-5-6(12(15)16)3-4-7(8)9(11)13/h3-5H,2H2,1H3. The van der Waals surface area contributed by atoms with Crippen LogP contribution in [0.5, 0.6) is 5.75 Å². The Morgan fingerprint density at radius 1 is 1.44 bits per heavy atom. The van der Waals surface area contributed by atoms with Crippen molar-refractivity contribution in [1.29, 1.82) is 0 Å². The number of carbonyl (C=O) groups excluding carboxylic acids is 2. The van der Waals surface area contributed by atoms with Crippen molar-refractivity contribution in [2.45, 2.75) is 6.92 Å². The van der Waals surface area contributed by atoms with Gasteiger partial charge in [0.25, 0.3) is 10.9 Å². The number of nitrogens with zero attached hydrogens (tertiary/aromatic N) is 1. The van der Waals surface area contributed by atoms with Crippen LogP contribution in [-0.2, 0) is 4.74 Å². The lowest BCUT2D eigenvalue weighted by atomic mass is 10.2. The Balaban J connectivity index is 3.11. The summed E-state index contributed by atoms with van der Waals surface area (Å²) in [5, 5.41) is 9.66. The third-order valence-corrected chi connectivity index (χ3v) is 2.05. The van der Waals surface area contributed by atoms with Gasteiger partial charge in [0.2, 0.25) is 0 Å². The van der Waals surface area contributed by atoms with Crippen molar-refractivity contribution in [3.63, 3.8) is 0 Å². The molecule has 0 aliphatic heterocycles. The molecule has 0 fully saturated rings. The van der Waals surface area contributed by atoms with E-state index in [4.69, 9.17) is 11.6 Å². The molecule has 1 aromatic carbocycles. The lowest BCUT2D eigenvalue weighted by Crippen LogP contribution is -2.12. The van der Waals surface area contributed by atoms with Crippen LogP contribution in [0, 0.1) is 10.1 Å². The normalized spacial score (nSPS) is 9.67. The summed E-state index contributed by atoms with van der Waals surface area (Å²) in [4.78, 5) is 32.0. The van der Waals surface area contributed by atoms with Gasteiger partial charge in [-0.05, 0) is 24.6 Å². The molecule has 0 aliphatic rings. The molecular formula is C10H8ClNO6. The third kappa shape index (κ3) is 3.42. The second-order valence-corrected chi connectivity index (χ2v) is 3.34. The quantitative estimate of drug-likeness (QED) is 0.275. The number of carbonyl (C=O) groups is 2. The van der Waals surface area contributed by atoms with Crippen LogP contribution in [0.4, 0.5) is 10.5 Å². The van der Waals surface area contributed by atoms with E-state index in [2.05, 4.69) is 9.47 Å². The van der Waals surface area contributed by atoms with Crippen LogP contribution in [-0.4, -0.2) is 22.9 Å². The number of hydrogen-bond donors (Lipinski definition) is 0. The molecule has 0 heterocycles. The maximum absolute atomic E-state index is 11.1. The fraction of sp³-hybridized carbons (Fsp3) is 0.200. The number of nitro benzene ring substituents is 1. The molecule has 0 aromatic heterocycles. The van der Waals surface area contributed by atoms with Crippen molar-refractivity contribution in [3.05, 3.63) is 33.9 Å². The molecule has 0 bridgehead atoms. The molecule has 96 valence electrons. The monoisotopic (exact) mass is 273 g/mol. The maximum Gasteiger partial charge on any atom is 0.513 e. The van der Waals surface area contributed by atoms with E-state index in [0.717, 1.165) is 18.2 Å². The van der Waals surface area contributed by atoms with Crippen LogP contribution in [0.3, 0.4) is 0 Å². The summed E-state index contributed by atoms with van der Waals surface area (Å²) in [6.45, 7) is 1.63. The number of rotatable bonds is 4. The molecule has 0 spiro atoms. The molecule has 0 unspecified atom stereocenters. The molecule has 1 aromatic rings. The highest BCUT2D eigenvalue weighted by atomic mass is 35.5. The van der Waals surface area contributed by atoms with Gasteiger partial charge in [-0.15, -0.1) is 0 Å². The maximum atomic E-state index is 11.1. The molecule has 1 rings (SSSR count). The first kappa shape index (κ1) is 13.9. The molecule has 18 heavy (non-hydrogen) atoms. The number of benzene rings is 1. The van der Waals surface area contributed by atoms with Crippen molar-refractivity contribution in [3.8, 4) is 5.75 Å². The SMILES string of the molecule is CCOC(=O)Oc1cc([N+](=O)[O-])ccc1C(=O)Cl. The Morgan fingerprint density at radius 2 is 2.11 bits per heavy atom. The highest BCUT2D eigenvalue weighted by Gasteiger charge is 2.18. The first-order valence-electron chi connectivity index (χ1n) is 4.78. The van der Waals surface area contributed by atoms with Crippen LogP contribution in [0.15, 0.2) is 18.2 Å². The molecular weight excluding hydrogens is 266 g/mol. The number of ether oxygens (including phenoxy) is 2. The van der Waals surface area contributed by atoms with E-state index < -0.39 is 16.3 Å². The lowest BCUT2D eigenvalue weighted by molar-refractivity contribution is -0.384. The van der Waals surface area contributed by atoms with E-state index >= 15 is 0 Å². The minimum Gasteiger partial charge on any atom is -0.434 e. The second kappa shape index (κ2) is 5.97. The molecule has 0 saturated heterocycles. The second-order valence-electron chi connectivity index (χ2n) is 3.00. The van der Waals surface area contributed by atoms with Gasteiger partial charge in [-0.2, -0.15) is 0 Å². The summed E-state index contributed by atoms with van der Waals surface area (Å²) in [6, 6.07) is 3.10. The van der Waals surface area contributed by atoms with Crippen molar-refractivity contribution in [2.24, 2.45) is 0 Å².